The molecule has 1 heterocycles. The summed E-state index contributed by atoms with van der Waals surface area (Å²) in [6.07, 6.45) is -0.0105. The Morgan fingerprint density at radius 3 is 2.28 bits per heavy atom. The van der Waals surface area contributed by atoms with Crippen LogP contribution in [-0.2, 0) is 22.6 Å². The van der Waals surface area contributed by atoms with Crippen LogP contribution in [0.3, 0.4) is 0 Å². The van der Waals surface area contributed by atoms with Crippen molar-refractivity contribution >= 4 is 16.9 Å². The summed E-state index contributed by atoms with van der Waals surface area (Å²) in [5, 5.41) is 0.215. The molecule has 0 bridgehead atoms. The van der Waals surface area contributed by atoms with Crippen LogP contribution in [0, 0.1) is 0 Å². The van der Waals surface area contributed by atoms with Gasteiger partial charge in [0.1, 0.15) is 5.39 Å². The number of esters is 1. The Labute approximate surface area is 166 Å². The lowest BCUT2D eigenvalue weighted by Gasteiger charge is -2.17. The Kier molecular flexibility index (Phi) is 6.01. The van der Waals surface area contributed by atoms with E-state index in [4.69, 9.17) is 9.47 Å². The number of carbonyl (C=O) groups excluding carboxylic acids is 1. The number of carbonyl (C=O) groups is 1. The molecule has 8 heteroatoms. The standard InChI is InChI=1S/C21H22N2O6/c1-27-16-10-9-15-18(19(16)29-3)20(25)23(13-14-7-5-4-6-8-14)21(26)22(15)12-11-17(24)28-2/h4-10H,11-13H2,1-3H3. The minimum Gasteiger partial charge on any atom is -0.493 e. The fourth-order valence-corrected chi connectivity index (χ4v) is 3.25. The lowest BCUT2D eigenvalue weighted by molar-refractivity contribution is -0.140. The molecule has 152 valence electrons. The molecule has 29 heavy (non-hydrogen) atoms. The van der Waals surface area contributed by atoms with Crippen LogP contribution in [-0.4, -0.2) is 36.4 Å². The zero-order valence-corrected chi connectivity index (χ0v) is 16.5. The number of aromatic nitrogens is 2. The molecular weight excluding hydrogens is 376 g/mol. The van der Waals surface area contributed by atoms with Gasteiger partial charge in [-0.25, -0.2) is 4.79 Å². The van der Waals surface area contributed by atoms with Gasteiger partial charge in [0, 0.05) is 6.54 Å². The van der Waals surface area contributed by atoms with Crippen LogP contribution in [0.2, 0.25) is 0 Å². The molecule has 0 atom stereocenters. The second-order valence-corrected chi connectivity index (χ2v) is 6.33. The first kappa shape index (κ1) is 20.2. The van der Waals surface area contributed by atoms with E-state index in [9.17, 15) is 14.4 Å². The molecule has 0 saturated heterocycles. The predicted molar refractivity (Wildman–Crippen MR) is 108 cm³/mol. The molecule has 0 aliphatic heterocycles. The molecule has 0 saturated carbocycles. The van der Waals surface area contributed by atoms with Crippen LogP contribution < -0.4 is 20.7 Å². The van der Waals surface area contributed by atoms with Crippen LogP contribution in [0.1, 0.15) is 12.0 Å². The first-order valence-electron chi connectivity index (χ1n) is 9.00. The molecule has 1 aromatic heterocycles. The van der Waals surface area contributed by atoms with Crippen LogP contribution in [0.25, 0.3) is 10.9 Å². The van der Waals surface area contributed by atoms with Gasteiger partial charge in [0.15, 0.2) is 11.5 Å². The van der Waals surface area contributed by atoms with Crippen molar-refractivity contribution < 1.29 is 19.0 Å². The zero-order chi connectivity index (χ0) is 21.0. The maximum absolute atomic E-state index is 13.3. The molecule has 0 spiro atoms. The zero-order valence-electron chi connectivity index (χ0n) is 16.5. The van der Waals surface area contributed by atoms with Gasteiger partial charge in [-0.3, -0.25) is 18.7 Å². The second kappa shape index (κ2) is 8.64. The summed E-state index contributed by atoms with van der Waals surface area (Å²) >= 11 is 0. The Morgan fingerprint density at radius 1 is 0.931 bits per heavy atom. The third kappa shape index (κ3) is 3.87. The molecule has 0 N–H and O–H groups in total. The molecule has 0 aliphatic rings. The quantitative estimate of drug-likeness (QED) is 0.564. The Morgan fingerprint density at radius 2 is 1.66 bits per heavy atom. The van der Waals surface area contributed by atoms with Gasteiger partial charge in [0.05, 0.1) is 39.8 Å². The molecule has 0 aliphatic carbocycles. The van der Waals surface area contributed by atoms with Crippen molar-refractivity contribution in [3.63, 3.8) is 0 Å². The summed E-state index contributed by atoms with van der Waals surface area (Å²) in [7, 11) is 4.19. The maximum Gasteiger partial charge on any atom is 0.331 e. The monoisotopic (exact) mass is 398 g/mol. The van der Waals surface area contributed by atoms with Gasteiger partial charge in [-0.15, -0.1) is 0 Å². The highest BCUT2D eigenvalue weighted by molar-refractivity contribution is 5.87. The minimum atomic E-state index is -0.512. The lowest BCUT2D eigenvalue weighted by atomic mass is 10.2. The summed E-state index contributed by atoms with van der Waals surface area (Å²) in [4.78, 5) is 38.1. The molecule has 2 aromatic carbocycles. The van der Waals surface area contributed by atoms with E-state index in [0.29, 0.717) is 11.3 Å². The van der Waals surface area contributed by atoms with Crippen molar-refractivity contribution in [3.05, 3.63) is 68.9 Å². The third-order valence-electron chi connectivity index (χ3n) is 4.69. The minimum absolute atomic E-state index is 0.0105. The van der Waals surface area contributed by atoms with Crippen molar-refractivity contribution in [1.29, 1.82) is 0 Å². The number of hydrogen-bond acceptors (Lipinski definition) is 6. The normalized spacial score (nSPS) is 10.7. The Hall–Kier alpha value is -3.55. The summed E-state index contributed by atoms with van der Waals surface area (Å²) in [6, 6.07) is 12.4. The lowest BCUT2D eigenvalue weighted by Crippen LogP contribution is -2.40. The van der Waals surface area contributed by atoms with Gasteiger partial charge in [0.25, 0.3) is 5.56 Å². The Bertz CT molecular complexity index is 1150. The first-order chi connectivity index (χ1) is 14.0. The van der Waals surface area contributed by atoms with Gasteiger partial charge in [0.2, 0.25) is 0 Å². The Balaban J connectivity index is 2.30. The number of fused-ring (bicyclic) bond motifs is 1. The van der Waals surface area contributed by atoms with E-state index in [2.05, 4.69) is 4.74 Å². The summed E-state index contributed by atoms with van der Waals surface area (Å²) in [6.45, 7) is 0.152. The molecule has 0 fully saturated rings. The highest BCUT2D eigenvalue weighted by atomic mass is 16.5. The summed E-state index contributed by atoms with van der Waals surface area (Å²) < 4.78 is 18.0. The van der Waals surface area contributed by atoms with Gasteiger partial charge in [-0.2, -0.15) is 0 Å². The number of nitrogens with zero attached hydrogens (tertiary/aromatic N) is 2. The fourth-order valence-electron chi connectivity index (χ4n) is 3.25. The van der Waals surface area contributed by atoms with Crippen molar-refractivity contribution in [2.75, 3.05) is 21.3 Å². The van der Waals surface area contributed by atoms with E-state index in [1.165, 1.54) is 25.9 Å². The summed E-state index contributed by atoms with van der Waals surface area (Å²) in [5.74, 6) is 0.163. The van der Waals surface area contributed by atoms with Gasteiger partial charge >= 0.3 is 11.7 Å². The molecule has 8 nitrogen and oxygen atoms in total. The SMILES string of the molecule is COC(=O)CCn1c(=O)n(Cc2ccccc2)c(=O)c2c(OC)c(OC)ccc21. The van der Waals surface area contributed by atoms with E-state index < -0.39 is 17.2 Å². The number of benzene rings is 2. The van der Waals surface area contributed by atoms with E-state index in [1.807, 2.05) is 30.3 Å². The highest BCUT2D eigenvalue weighted by Crippen LogP contribution is 2.32. The van der Waals surface area contributed by atoms with E-state index in [-0.39, 0.29) is 30.6 Å². The largest absolute Gasteiger partial charge is 0.493 e. The van der Waals surface area contributed by atoms with Crippen molar-refractivity contribution in [1.82, 2.24) is 9.13 Å². The van der Waals surface area contributed by atoms with Crippen LogP contribution in [0.15, 0.2) is 52.1 Å². The molecule has 0 unspecified atom stereocenters. The number of hydrogen-bond donors (Lipinski definition) is 0. The predicted octanol–water partition coefficient (Wildman–Crippen LogP) is 1.79. The van der Waals surface area contributed by atoms with E-state index in [0.717, 1.165) is 10.1 Å². The van der Waals surface area contributed by atoms with Gasteiger partial charge < -0.3 is 14.2 Å². The number of rotatable bonds is 7. The van der Waals surface area contributed by atoms with Crippen LogP contribution in [0.5, 0.6) is 11.5 Å². The highest BCUT2D eigenvalue weighted by Gasteiger charge is 2.20. The number of methoxy groups -OCH3 is 3. The first-order valence-corrected chi connectivity index (χ1v) is 9.00. The van der Waals surface area contributed by atoms with Crippen molar-refractivity contribution in [2.24, 2.45) is 0 Å². The summed E-state index contributed by atoms with van der Waals surface area (Å²) in [5.41, 5.74) is 0.166. The van der Waals surface area contributed by atoms with Crippen LogP contribution in [0.4, 0.5) is 0 Å². The van der Waals surface area contributed by atoms with Crippen molar-refractivity contribution in [3.8, 4) is 11.5 Å². The van der Waals surface area contributed by atoms with Crippen LogP contribution >= 0.6 is 0 Å². The van der Waals surface area contributed by atoms with E-state index in [1.54, 1.807) is 12.1 Å². The number of aryl methyl sites for hydroxylation is 1. The average Bonchev–Trinajstić information content (AvgIpc) is 2.76. The molecule has 0 amide bonds. The third-order valence-corrected chi connectivity index (χ3v) is 4.69. The van der Waals surface area contributed by atoms with Crippen molar-refractivity contribution in [2.45, 2.75) is 19.5 Å². The molecule has 3 rings (SSSR count). The molecule has 3 aromatic rings. The second-order valence-electron chi connectivity index (χ2n) is 6.33. The topological polar surface area (TPSA) is 88.8 Å². The van der Waals surface area contributed by atoms with Gasteiger partial charge in [-0.1, -0.05) is 30.3 Å². The van der Waals surface area contributed by atoms with E-state index >= 15 is 0 Å². The average molecular weight is 398 g/mol. The molecular formula is C21H22N2O6. The van der Waals surface area contributed by atoms with Gasteiger partial charge in [-0.05, 0) is 17.7 Å². The fraction of sp³-hybridized carbons (Fsp3) is 0.286. The maximum atomic E-state index is 13.3. The number of ether oxygens (including phenoxy) is 3. The molecule has 0 radical (unpaired) electrons. The smallest absolute Gasteiger partial charge is 0.331 e.